The van der Waals surface area contributed by atoms with Gasteiger partial charge in [-0.1, -0.05) is 27.7 Å². The third kappa shape index (κ3) is 3.72. The van der Waals surface area contributed by atoms with Crippen LogP contribution in [0.15, 0.2) is 0 Å². The Balaban J connectivity index is 2.10. The molecule has 3 unspecified atom stereocenters. The molecule has 0 aromatic carbocycles. The normalized spacial score (nSPS) is 34.8. The van der Waals surface area contributed by atoms with Crippen molar-refractivity contribution in [3.05, 3.63) is 0 Å². The number of esters is 1. The van der Waals surface area contributed by atoms with E-state index in [4.69, 9.17) is 4.55 Å². The summed E-state index contributed by atoms with van der Waals surface area (Å²) in [6, 6.07) is 0. The van der Waals surface area contributed by atoms with E-state index in [1.54, 1.807) is 0 Å². The number of carbonyl (C=O) groups excluding carboxylic acids is 1. The number of halogens is 2. The summed E-state index contributed by atoms with van der Waals surface area (Å²) < 4.78 is 63.4. The SMILES string of the molecule is CCC(O)(CC)C12CC3CC(C(=O)OC(O)C(F)(F)S(=O)(=O)O)(C1)CC(C(O)(CC)CC)(C3)C2. The van der Waals surface area contributed by atoms with E-state index in [2.05, 4.69) is 4.74 Å². The predicted octanol–water partition coefficient (Wildman–Crippen LogP) is 3.39. The maximum absolute atomic E-state index is 14.0. The third-order valence-electron chi connectivity index (χ3n) is 9.67. The van der Waals surface area contributed by atoms with Gasteiger partial charge in [0.2, 0.25) is 0 Å². The molecule has 0 aromatic heterocycles. The summed E-state index contributed by atoms with van der Waals surface area (Å²) in [4.78, 5) is 13.4. The molecule has 11 heteroatoms. The zero-order valence-electron chi connectivity index (χ0n) is 20.3. The Hall–Kier alpha value is -0.880. The zero-order chi connectivity index (χ0) is 26.0. The molecule has 198 valence electrons. The Kier molecular flexibility index (Phi) is 6.78. The molecule has 0 heterocycles. The molecule has 4 N–H and O–H groups in total. The number of aliphatic hydroxyl groups excluding tert-OH is 1. The van der Waals surface area contributed by atoms with E-state index < -0.39 is 55.1 Å². The Morgan fingerprint density at radius 3 is 1.71 bits per heavy atom. The number of hydrogen-bond donors (Lipinski definition) is 4. The van der Waals surface area contributed by atoms with Crippen molar-refractivity contribution in [2.45, 2.75) is 115 Å². The van der Waals surface area contributed by atoms with E-state index in [1.807, 2.05) is 27.7 Å². The van der Waals surface area contributed by atoms with E-state index in [0.29, 0.717) is 44.9 Å². The molecule has 0 radical (unpaired) electrons. The van der Waals surface area contributed by atoms with Crippen molar-refractivity contribution >= 4 is 16.1 Å². The maximum Gasteiger partial charge on any atom is 0.430 e. The van der Waals surface area contributed by atoms with Crippen molar-refractivity contribution in [3.8, 4) is 0 Å². The van der Waals surface area contributed by atoms with E-state index in [0.717, 1.165) is 0 Å². The molecule has 4 fully saturated rings. The van der Waals surface area contributed by atoms with E-state index in [1.165, 1.54) is 0 Å². The lowest BCUT2D eigenvalue weighted by Crippen LogP contribution is -2.70. The van der Waals surface area contributed by atoms with E-state index >= 15 is 0 Å². The fraction of sp³-hybridized carbons (Fsp3) is 0.957. The molecule has 4 bridgehead atoms. The van der Waals surface area contributed by atoms with Crippen LogP contribution >= 0.6 is 0 Å². The second-order valence-corrected chi connectivity index (χ2v) is 12.6. The van der Waals surface area contributed by atoms with Crippen molar-refractivity contribution in [1.29, 1.82) is 0 Å². The highest BCUT2D eigenvalue weighted by molar-refractivity contribution is 7.86. The van der Waals surface area contributed by atoms with Crippen molar-refractivity contribution in [2.75, 3.05) is 0 Å². The molecule has 4 saturated carbocycles. The van der Waals surface area contributed by atoms with Gasteiger partial charge in [-0.2, -0.15) is 17.2 Å². The fourth-order valence-corrected chi connectivity index (χ4v) is 8.43. The average Bonchev–Trinajstić information content (AvgIpc) is 2.75. The highest BCUT2D eigenvalue weighted by Gasteiger charge is 2.73. The van der Waals surface area contributed by atoms with Gasteiger partial charge in [-0.25, -0.2) is 0 Å². The second-order valence-electron chi connectivity index (χ2n) is 11.1. The van der Waals surface area contributed by atoms with Crippen molar-refractivity contribution in [3.63, 3.8) is 0 Å². The summed E-state index contributed by atoms with van der Waals surface area (Å²) in [5.74, 6) is -1.28. The third-order valence-corrected chi connectivity index (χ3v) is 10.6. The second kappa shape index (κ2) is 8.33. The van der Waals surface area contributed by atoms with Crippen LogP contribution in [0.1, 0.15) is 91.9 Å². The number of ether oxygens (including phenoxy) is 1. The molecule has 0 saturated heterocycles. The number of alkyl halides is 2. The Bertz CT molecular complexity index is 878. The van der Waals surface area contributed by atoms with Crippen molar-refractivity contribution < 1.29 is 46.6 Å². The van der Waals surface area contributed by atoms with Crippen LogP contribution < -0.4 is 0 Å². The van der Waals surface area contributed by atoms with Gasteiger partial charge in [0, 0.05) is 10.8 Å². The molecular weight excluding hydrogens is 474 g/mol. The molecule has 3 atom stereocenters. The van der Waals surface area contributed by atoms with Gasteiger partial charge in [-0.3, -0.25) is 9.35 Å². The summed E-state index contributed by atoms with van der Waals surface area (Å²) in [7, 11) is -6.03. The summed E-state index contributed by atoms with van der Waals surface area (Å²) in [6.07, 6.45) is 0.459. The zero-order valence-corrected chi connectivity index (χ0v) is 21.1. The summed E-state index contributed by atoms with van der Waals surface area (Å²) in [5, 5.41) is 28.1. The molecular formula is C23H38F2O8S. The minimum atomic E-state index is -6.03. The molecule has 4 aliphatic carbocycles. The quantitative estimate of drug-likeness (QED) is 0.198. The van der Waals surface area contributed by atoms with Gasteiger partial charge in [-0.05, 0) is 70.1 Å². The van der Waals surface area contributed by atoms with Gasteiger partial charge in [0.25, 0.3) is 6.29 Å². The topological polar surface area (TPSA) is 141 Å². The fourth-order valence-electron chi connectivity index (χ4n) is 8.13. The number of aliphatic hydroxyl groups is 3. The molecule has 0 aliphatic heterocycles. The smallest absolute Gasteiger partial charge is 0.427 e. The van der Waals surface area contributed by atoms with E-state index in [9.17, 15) is 37.3 Å². The Morgan fingerprint density at radius 1 is 0.941 bits per heavy atom. The van der Waals surface area contributed by atoms with Crippen molar-refractivity contribution in [2.24, 2.45) is 22.2 Å². The number of rotatable bonds is 10. The van der Waals surface area contributed by atoms with Crippen LogP contribution in [0, 0.1) is 22.2 Å². The first-order valence-electron chi connectivity index (χ1n) is 12.1. The highest BCUT2D eigenvalue weighted by Crippen LogP contribution is 2.75. The van der Waals surface area contributed by atoms with Crippen LogP contribution in [0.2, 0.25) is 0 Å². The monoisotopic (exact) mass is 512 g/mol. The maximum atomic E-state index is 14.0. The summed E-state index contributed by atoms with van der Waals surface area (Å²) in [5.41, 5.74) is -5.26. The van der Waals surface area contributed by atoms with Crippen LogP contribution in [0.3, 0.4) is 0 Å². The first-order valence-corrected chi connectivity index (χ1v) is 13.6. The minimum absolute atomic E-state index is 0.0859. The van der Waals surface area contributed by atoms with Crippen LogP contribution in [0.5, 0.6) is 0 Å². The van der Waals surface area contributed by atoms with Gasteiger partial charge >= 0.3 is 21.3 Å². The van der Waals surface area contributed by atoms with Gasteiger partial charge in [-0.15, -0.1) is 0 Å². The summed E-state index contributed by atoms with van der Waals surface area (Å²) >= 11 is 0. The Labute approximate surface area is 199 Å². The van der Waals surface area contributed by atoms with Crippen LogP contribution in [0.4, 0.5) is 8.78 Å². The van der Waals surface area contributed by atoms with E-state index in [-0.39, 0.29) is 25.2 Å². The largest absolute Gasteiger partial charge is 0.430 e. The van der Waals surface area contributed by atoms with Gasteiger partial charge < -0.3 is 20.1 Å². The summed E-state index contributed by atoms with van der Waals surface area (Å²) in [6.45, 7) is 7.40. The van der Waals surface area contributed by atoms with Gasteiger partial charge in [0.15, 0.2) is 0 Å². The van der Waals surface area contributed by atoms with Gasteiger partial charge in [0.1, 0.15) is 0 Å². The molecule has 34 heavy (non-hydrogen) atoms. The lowest BCUT2D eigenvalue weighted by molar-refractivity contribution is -0.285. The predicted molar refractivity (Wildman–Crippen MR) is 118 cm³/mol. The standard InChI is InChI=1S/C23H38F2O8S/c1-5-21(28,6-2)19-10-15-9-18(12-19,13-20(11-15,14-19)22(29,7-3)8-4)16(26)33-17(27)23(24,25)34(30,31)32/h15,17,27-29H,5-14H2,1-4H3,(H,30,31,32). The molecule has 4 rings (SSSR count). The first-order chi connectivity index (χ1) is 15.4. The molecule has 0 aromatic rings. The van der Waals surface area contributed by atoms with Crippen LogP contribution in [0.25, 0.3) is 0 Å². The molecule has 0 spiro atoms. The number of hydrogen-bond acceptors (Lipinski definition) is 7. The van der Waals surface area contributed by atoms with Crippen LogP contribution in [-0.4, -0.2) is 57.0 Å². The van der Waals surface area contributed by atoms with Crippen molar-refractivity contribution in [1.82, 2.24) is 0 Å². The molecule has 8 nitrogen and oxygen atoms in total. The first kappa shape index (κ1) is 27.7. The lowest BCUT2D eigenvalue weighted by Gasteiger charge is -2.71. The van der Waals surface area contributed by atoms with Crippen LogP contribution in [-0.2, 0) is 19.6 Å². The average molecular weight is 513 g/mol. The minimum Gasteiger partial charge on any atom is -0.427 e. The van der Waals surface area contributed by atoms with Gasteiger partial charge in [0.05, 0.1) is 16.6 Å². The number of carbonyl (C=O) groups is 1. The lowest BCUT2D eigenvalue weighted by atomic mass is 9.33. The molecule has 4 aliphatic rings. The molecule has 0 amide bonds. The highest BCUT2D eigenvalue weighted by atomic mass is 32.2. The Morgan fingerprint density at radius 2 is 1.35 bits per heavy atom.